The molecule has 0 aromatic rings. The Labute approximate surface area is 104 Å². The lowest BCUT2D eigenvalue weighted by Gasteiger charge is -2.14. The molecule has 7 nitrogen and oxygen atoms in total. The number of rotatable bonds is 7. The van der Waals surface area contributed by atoms with Crippen molar-refractivity contribution in [2.75, 3.05) is 25.6 Å². The minimum atomic E-state index is -1.09. The fourth-order valence-electron chi connectivity index (χ4n) is 0.951. The molecule has 3 amide bonds. The van der Waals surface area contributed by atoms with Gasteiger partial charge in [-0.1, -0.05) is 0 Å². The molecule has 0 radical (unpaired) electrons. The first-order valence-corrected chi connectivity index (χ1v) is 6.37. The molecule has 0 fully saturated rings. The van der Waals surface area contributed by atoms with Gasteiger partial charge >= 0.3 is 12.0 Å². The molecule has 0 aromatic carbocycles. The van der Waals surface area contributed by atoms with Crippen LogP contribution in [0, 0.1) is 0 Å². The van der Waals surface area contributed by atoms with Gasteiger partial charge in [-0.15, -0.1) is 0 Å². The smallest absolute Gasteiger partial charge is 0.326 e. The summed E-state index contributed by atoms with van der Waals surface area (Å²) in [7, 11) is 1.44. The lowest BCUT2D eigenvalue weighted by atomic mass is 10.2. The first-order chi connectivity index (χ1) is 8.01. The molecule has 0 rings (SSSR count). The van der Waals surface area contributed by atoms with E-state index in [1.165, 1.54) is 18.8 Å². The van der Waals surface area contributed by atoms with Gasteiger partial charge in [0.25, 0.3) is 0 Å². The number of thioether (sulfide) groups is 1. The molecule has 0 spiro atoms. The highest BCUT2D eigenvalue weighted by Crippen LogP contribution is 2.00. The molecule has 0 aromatic heterocycles. The first-order valence-electron chi connectivity index (χ1n) is 4.98. The van der Waals surface area contributed by atoms with Crippen LogP contribution in [0.3, 0.4) is 0 Å². The molecule has 0 unspecified atom stereocenters. The van der Waals surface area contributed by atoms with Crippen LogP contribution >= 0.6 is 11.8 Å². The molecular weight excluding hydrogens is 246 g/mol. The highest BCUT2D eigenvalue weighted by atomic mass is 32.2. The van der Waals surface area contributed by atoms with Crippen molar-refractivity contribution in [2.24, 2.45) is 0 Å². The summed E-state index contributed by atoms with van der Waals surface area (Å²) in [4.78, 5) is 32.9. The van der Waals surface area contributed by atoms with Crippen LogP contribution in [0.15, 0.2) is 0 Å². The Morgan fingerprint density at radius 1 is 1.35 bits per heavy atom. The van der Waals surface area contributed by atoms with Crippen LogP contribution in [0.5, 0.6) is 0 Å². The van der Waals surface area contributed by atoms with E-state index < -0.39 is 18.0 Å². The van der Waals surface area contributed by atoms with Crippen molar-refractivity contribution in [1.29, 1.82) is 0 Å². The van der Waals surface area contributed by atoms with Crippen LogP contribution in [0.1, 0.15) is 6.42 Å². The quantitative estimate of drug-likeness (QED) is 0.483. The third-order valence-corrected chi connectivity index (χ3v) is 2.55. The van der Waals surface area contributed by atoms with Crippen LogP contribution in [-0.2, 0) is 9.59 Å². The van der Waals surface area contributed by atoms with Crippen LogP contribution in [0.4, 0.5) is 4.79 Å². The minimum Gasteiger partial charge on any atom is -0.480 e. The first kappa shape index (κ1) is 15.6. The predicted octanol–water partition coefficient (Wildman–Crippen LogP) is -0.762. The van der Waals surface area contributed by atoms with Gasteiger partial charge in [-0.05, 0) is 18.4 Å². The normalized spacial score (nSPS) is 11.4. The number of hydrogen-bond donors (Lipinski definition) is 4. The van der Waals surface area contributed by atoms with Crippen molar-refractivity contribution in [3.8, 4) is 0 Å². The third-order valence-electron chi connectivity index (χ3n) is 1.90. The molecule has 0 aliphatic rings. The van der Waals surface area contributed by atoms with Crippen LogP contribution < -0.4 is 16.0 Å². The van der Waals surface area contributed by atoms with E-state index in [1.807, 2.05) is 6.26 Å². The second-order valence-corrected chi connectivity index (χ2v) is 4.16. The van der Waals surface area contributed by atoms with Crippen LogP contribution in [0.2, 0.25) is 0 Å². The summed E-state index contributed by atoms with van der Waals surface area (Å²) in [6.45, 7) is -0.183. The standard InChI is InChI=1S/C9H17N3O4S/c1-10-7(13)5-11-9(16)12-6(8(14)15)3-4-17-2/h6H,3-5H2,1-2H3,(H,10,13)(H,14,15)(H2,11,12,16)/t6-/m1/s1. The molecule has 0 saturated carbocycles. The molecule has 0 bridgehead atoms. The van der Waals surface area contributed by atoms with Crippen molar-refractivity contribution >= 4 is 29.7 Å². The summed E-state index contributed by atoms with van der Waals surface area (Å²) in [6.07, 6.45) is 2.19. The molecular formula is C9H17N3O4S. The van der Waals surface area contributed by atoms with E-state index in [4.69, 9.17) is 5.11 Å². The summed E-state index contributed by atoms with van der Waals surface area (Å²) < 4.78 is 0. The minimum absolute atomic E-state index is 0.183. The van der Waals surface area contributed by atoms with Gasteiger partial charge in [-0.3, -0.25) is 4.79 Å². The second-order valence-electron chi connectivity index (χ2n) is 3.17. The monoisotopic (exact) mass is 263 g/mol. The maximum Gasteiger partial charge on any atom is 0.326 e. The average molecular weight is 263 g/mol. The van der Waals surface area contributed by atoms with Crippen LogP contribution in [-0.4, -0.2) is 54.7 Å². The Kier molecular flexibility index (Phi) is 7.95. The van der Waals surface area contributed by atoms with E-state index in [-0.39, 0.29) is 12.5 Å². The second kappa shape index (κ2) is 8.68. The molecule has 1 atom stereocenters. The number of aliphatic carboxylic acids is 1. The Morgan fingerprint density at radius 2 is 2.00 bits per heavy atom. The van der Waals surface area contributed by atoms with E-state index in [9.17, 15) is 14.4 Å². The Balaban J connectivity index is 4.03. The summed E-state index contributed by atoms with van der Waals surface area (Å²) in [5, 5.41) is 15.7. The number of nitrogens with one attached hydrogen (secondary N) is 3. The SMILES string of the molecule is CNC(=O)CNC(=O)N[C@H](CCSC)C(=O)O. The molecule has 98 valence electrons. The van der Waals surface area contributed by atoms with E-state index >= 15 is 0 Å². The summed E-state index contributed by atoms with van der Waals surface area (Å²) >= 11 is 1.50. The van der Waals surface area contributed by atoms with E-state index in [1.54, 1.807) is 0 Å². The predicted molar refractivity (Wildman–Crippen MR) is 65.0 cm³/mol. The topological polar surface area (TPSA) is 108 Å². The lowest BCUT2D eigenvalue weighted by molar-refractivity contribution is -0.139. The number of amides is 3. The molecule has 17 heavy (non-hydrogen) atoms. The number of carbonyl (C=O) groups excluding carboxylic acids is 2. The highest BCUT2D eigenvalue weighted by Gasteiger charge is 2.19. The zero-order valence-corrected chi connectivity index (χ0v) is 10.6. The van der Waals surface area contributed by atoms with Gasteiger partial charge in [-0.2, -0.15) is 11.8 Å². The third kappa shape index (κ3) is 7.45. The van der Waals surface area contributed by atoms with Gasteiger partial charge in [-0.25, -0.2) is 9.59 Å². The number of urea groups is 1. The van der Waals surface area contributed by atoms with E-state index in [0.717, 1.165) is 0 Å². The number of carboxylic acids is 1. The highest BCUT2D eigenvalue weighted by molar-refractivity contribution is 7.98. The van der Waals surface area contributed by atoms with Crippen molar-refractivity contribution in [2.45, 2.75) is 12.5 Å². The molecule has 0 aliphatic heterocycles. The van der Waals surface area contributed by atoms with Crippen molar-refractivity contribution in [3.05, 3.63) is 0 Å². The summed E-state index contributed by atoms with van der Waals surface area (Å²) in [6, 6.07) is -1.60. The Bertz CT molecular complexity index is 285. The van der Waals surface area contributed by atoms with Crippen molar-refractivity contribution in [1.82, 2.24) is 16.0 Å². The Hall–Kier alpha value is -1.44. The lowest BCUT2D eigenvalue weighted by Crippen LogP contribution is -2.48. The molecule has 0 aliphatic carbocycles. The summed E-state index contributed by atoms with van der Waals surface area (Å²) in [5.74, 6) is -0.808. The maximum absolute atomic E-state index is 11.3. The van der Waals surface area contributed by atoms with Crippen molar-refractivity contribution in [3.63, 3.8) is 0 Å². The van der Waals surface area contributed by atoms with Gasteiger partial charge in [0.1, 0.15) is 6.04 Å². The fourth-order valence-corrected chi connectivity index (χ4v) is 1.42. The van der Waals surface area contributed by atoms with Gasteiger partial charge < -0.3 is 21.1 Å². The molecule has 0 heterocycles. The summed E-state index contributed by atoms with van der Waals surface area (Å²) in [5.41, 5.74) is 0. The van der Waals surface area contributed by atoms with E-state index in [0.29, 0.717) is 12.2 Å². The van der Waals surface area contributed by atoms with Gasteiger partial charge in [0.05, 0.1) is 6.54 Å². The molecule has 4 N–H and O–H groups in total. The number of carboxylic acid groups (broad SMARTS) is 1. The van der Waals surface area contributed by atoms with Crippen LogP contribution in [0.25, 0.3) is 0 Å². The fraction of sp³-hybridized carbons (Fsp3) is 0.667. The maximum atomic E-state index is 11.3. The van der Waals surface area contributed by atoms with Gasteiger partial charge in [0.2, 0.25) is 5.91 Å². The zero-order valence-electron chi connectivity index (χ0n) is 9.78. The molecule has 8 heteroatoms. The zero-order chi connectivity index (χ0) is 13.3. The van der Waals surface area contributed by atoms with Gasteiger partial charge in [0, 0.05) is 7.05 Å². The largest absolute Gasteiger partial charge is 0.480 e. The molecule has 0 saturated heterocycles. The van der Waals surface area contributed by atoms with E-state index in [2.05, 4.69) is 16.0 Å². The van der Waals surface area contributed by atoms with Gasteiger partial charge in [0.15, 0.2) is 0 Å². The van der Waals surface area contributed by atoms with Crippen molar-refractivity contribution < 1.29 is 19.5 Å². The Morgan fingerprint density at radius 3 is 2.47 bits per heavy atom. The number of carbonyl (C=O) groups is 3. The number of hydrogen-bond acceptors (Lipinski definition) is 4. The number of likely N-dealkylation sites (N-methyl/N-ethyl adjacent to an activating group) is 1. The average Bonchev–Trinajstić information content (AvgIpc) is 2.30.